The predicted molar refractivity (Wildman–Crippen MR) is 94.0 cm³/mol. The minimum Gasteiger partial charge on any atom is -0.268 e. The Bertz CT molecular complexity index is 654. The molecule has 3 heteroatoms. The number of nitrogens with zero attached hydrogens (tertiary/aromatic N) is 1. The Balaban J connectivity index is 0.000000924. The maximum atomic E-state index is 12.4. The topological polar surface area (TPSA) is 37.4 Å². The highest BCUT2D eigenvalue weighted by Crippen LogP contribution is 2.28. The van der Waals surface area contributed by atoms with E-state index in [0.717, 1.165) is 19.3 Å². The number of amides is 2. The zero-order chi connectivity index (χ0) is 16.8. The SMILES string of the molecule is CC.CCCCc1ccc(N2C(=O)c3ccccc3C2=O)cc1. The van der Waals surface area contributed by atoms with Crippen LogP contribution in [-0.4, -0.2) is 11.8 Å². The third-order valence-corrected chi connectivity index (χ3v) is 3.81. The highest BCUT2D eigenvalue weighted by molar-refractivity contribution is 6.34. The summed E-state index contributed by atoms with van der Waals surface area (Å²) in [6, 6.07) is 14.7. The molecule has 2 aromatic rings. The van der Waals surface area contributed by atoms with E-state index in [1.54, 1.807) is 24.3 Å². The zero-order valence-corrected chi connectivity index (χ0v) is 14.0. The van der Waals surface area contributed by atoms with E-state index in [0.29, 0.717) is 16.8 Å². The van der Waals surface area contributed by atoms with Crippen molar-refractivity contribution in [1.82, 2.24) is 0 Å². The van der Waals surface area contributed by atoms with Gasteiger partial charge in [-0.3, -0.25) is 9.59 Å². The summed E-state index contributed by atoms with van der Waals surface area (Å²) < 4.78 is 0. The van der Waals surface area contributed by atoms with Gasteiger partial charge in [0.25, 0.3) is 11.8 Å². The first-order valence-electron chi connectivity index (χ1n) is 8.29. The Morgan fingerprint density at radius 3 is 1.83 bits per heavy atom. The Kier molecular flexibility index (Phi) is 5.69. The Hall–Kier alpha value is -2.42. The van der Waals surface area contributed by atoms with Crippen molar-refractivity contribution in [3.05, 3.63) is 65.2 Å². The van der Waals surface area contributed by atoms with E-state index < -0.39 is 0 Å². The first-order chi connectivity index (χ1) is 11.2. The quantitative estimate of drug-likeness (QED) is 0.757. The van der Waals surface area contributed by atoms with E-state index in [1.165, 1.54) is 10.5 Å². The maximum Gasteiger partial charge on any atom is 0.266 e. The van der Waals surface area contributed by atoms with Gasteiger partial charge in [0.05, 0.1) is 16.8 Å². The van der Waals surface area contributed by atoms with Gasteiger partial charge in [-0.1, -0.05) is 51.5 Å². The van der Waals surface area contributed by atoms with Crippen LogP contribution in [0, 0.1) is 0 Å². The molecule has 23 heavy (non-hydrogen) atoms. The molecule has 0 radical (unpaired) electrons. The Morgan fingerprint density at radius 1 is 0.826 bits per heavy atom. The number of anilines is 1. The maximum absolute atomic E-state index is 12.4. The molecule has 3 rings (SSSR count). The largest absolute Gasteiger partial charge is 0.268 e. The molecule has 0 saturated carbocycles. The second-order valence-corrected chi connectivity index (χ2v) is 5.26. The van der Waals surface area contributed by atoms with Crippen LogP contribution >= 0.6 is 0 Å². The minimum absolute atomic E-state index is 0.239. The fourth-order valence-corrected chi connectivity index (χ4v) is 2.62. The van der Waals surface area contributed by atoms with Crippen LogP contribution in [0.25, 0.3) is 0 Å². The third kappa shape index (κ3) is 3.34. The van der Waals surface area contributed by atoms with Gasteiger partial charge >= 0.3 is 0 Å². The van der Waals surface area contributed by atoms with Crippen LogP contribution in [0.5, 0.6) is 0 Å². The van der Waals surface area contributed by atoms with Gasteiger partial charge in [-0.05, 0) is 42.7 Å². The molecule has 0 saturated heterocycles. The number of imide groups is 1. The highest BCUT2D eigenvalue weighted by atomic mass is 16.2. The van der Waals surface area contributed by atoms with Crippen molar-refractivity contribution in [3.63, 3.8) is 0 Å². The second kappa shape index (κ2) is 7.73. The number of aryl methyl sites for hydroxylation is 1. The zero-order valence-electron chi connectivity index (χ0n) is 14.0. The molecule has 0 atom stereocenters. The summed E-state index contributed by atoms with van der Waals surface area (Å²) in [5, 5.41) is 0. The normalized spacial score (nSPS) is 12.7. The van der Waals surface area contributed by atoms with Gasteiger partial charge < -0.3 is 0 Å². The van der Waals surface area contributed by atoms with Gasteiger partial charge in [0, 0.05) is 0 Å². The lowest BCUT2D eigenvalue weighted by atomic mass is 10.1. The first kappa shape index (κ1) is 16.9. The molecule has 0 bridgehead atoms. The molecular weight excluding hydrogens is 286 g/mol. The van der Waals surface area contributed by atoms with Crippen molar-refractivity contribution in [2.24, 2.45) is 0 Å². The number of benzene rings is 2. The van der Waals surface area contributed by atoms with E-state index >= 15 is 0 Å². The van der Waals surface area contributed by atoms with E-state index in [1.807, 2.05) is 38.1 Å². The fourth-order valence-electron chi connectivity index (χ4n) is 2.62. The molecule has 3 nitrogen and oxygen atoms in total. The number of carbonyl (C=O) groups is 2. The number of carbonyl (C=O) groups excluding carboxylic acids is 2. The van der Waals surface area contributed by atoms with Crippen molar-refractivity contribution in [3.8, 4) is 0 Å². The monoisotopic (exact) mass is 309 g/mol. The van der Waals surface area contributed by atoms with Gasteiger partial charge in [-0.25, -0.2) is 4.90 Å². The van der Waals surface area contributed by atoms with Crippen molar-refractivity contribution in [2.75, 3.05) is 4.90 Å². The molecule has 1 heterocycles. The molecule has 0 aromatic heterocycles. The molecular formula is C20H23NO2. The summed E-state index contributed by atoms with van der Waals surface area (Å²) >= 11 is 0. The molecule has 0 unspecified atom stereocenters. The van der Waals surface area contributed by atoms with E-state index in [9.17, 15) is 9.59 Å². The highest BCUT2D eigenvalue weighted by Gasteiger charge is 2.36. The van der Waals surface area contributed by atoms with Gasteiger partial charge in [0.15, 0.2) is 0 Å². The van der Waals surface area contributed by atoms with Crippen LogP contribution in [0.15, 0.2) is 48.5 Å². The molecule has 120 valence electrons. The fraction of sp³-hybridized carbons (Fsp3) is 0.300. The van der Waals surface area contributed by atoms with Crippen molar-refractivity contribution >= 4 is 17.5 Å². The lowest BCUT2D eigenvalue weighted by molar-refractivity contribution is 0.0926. The average Bonchev–Trinajstić information content (AvgIpc) is 2.87. The van der Waals surface area contributed by atoms with E-state index in [4.69, 9.17) is 0 Å². The van der Waals surface area contributed by atoms with Crippen molar-refractivity contribution in [1.29, 1.82) is 0 Å². The van der Waals surface area contributed by atoms with Gasteiger partial charge in [-0.15, -0.1) is 0 Å². The van der Waals surface area contributed by atoms with Gasteiger partial charge in [-0.2, -0.15) is 0 Å². The van der Waals surface area contributed by atoms with Crippen LogP contribution in [-0.2, 0) is 6.42 Å². The summed E-state index contributed by atoms with van der Waals surface area (Å²) in [5.41, 5.74) is 2.84. The van der Waals surface area contributed by atoms with Gasteiger partial charge in [0.1, 0.15) is 0 Å². The molecule has 0 spiro atoms. The average molecular weight is 309 g/mol. The molecule has 0 N–H and O–H groups in total. The van der Waals surface area contributed by atoms with Crippen molar-refractivity contribution < 1.29 is 9.59 Å². The Morgan fingerprint density at radius 2 is 1.35 bits per heavy atom. The van der Waals surface area contributed by atoms with Crippen LogP contribution < -0.4 is 4.90 Å². The summed E-state index contributed by atoms with van der Waals surface area (Å²) in [4.78, 5) is 26.0. The number of fused-ring (bicyclic) bond motifs is 1. The van der Waals surface area contributed by atoms with Crippen LogP contribution in [0.3, 0.4) is 0 Å². The molecule has 1 aliphatic heterocycles. The number of rotatable bonds is 4. The molecule has 2 amide bonds. The van der Waals surface area contributed by atoms with Crippen LogP contribution in [0.1, 0.15) is 59.9 Å². The lowest BCUT2D eigenvalue weighted by Crippen LogP contribution is -2.29. The standard InChI is InChI=1S/C18H17NO2.C2H6/c1-2-3-6-13-9-11-14(12-10-13)19-17(20)15-7-4-5-8-16(15)18(19)21;1-2/h4-5,7-12H,2-3,6H2,1H3;1-2H3. The van der Waals surface area contributed by atoms with Crippen LogP contribution in [0.2, 0.25) is 0 Å². The lowest BCUT2D eigenvalue weighted by Gasteiger charge is -2.14. The summed E-state index contributed by atoms with van der Waals surface area (Å²) in [6.07, 6.45) is 3.32. The Labute approximate surface area is 137 Å². The van der Waals surface area contributed by atoms with Crippen LogP contribution in [0.4, 0.5) is 5.69 Å². The number of unbranched alkanes of at least 4 members (excludes halogenated alkanes) is 1. The van der Waals surface area contributed by atoms with Gasteiger partial charge in [0.2, 0.25) is 0 Å². The summed E-state index contributed by atoms with van der Waals surface area (Å²) in [5.74, 6) is -0.478. The van der Waals surface area contributed by atoms with E-state index in [-0.39, 0.29) is 11.8 Å². The second-order valence-electron chi connectivity index (χ2n) is 5.26. The molecule has 0 aliphatic carbocycles. The molecule has 2 aromatic carbocycles. The minimum atomic E-state index is -0.239. The third-order valence-electron chi connectivity index (χ3n) is 3.81. The van der Waals surface area contributed by atoms with Crippen molar-refractivity contribution in [2.45, 2.75) is 40.0 Å². The molecule has 0 fully saturated rings. The van der Waals surface area contributed by atoms with E-state index in [2.05, 4.69) is 6.92 Å². The summed E-state index contributed by atoms with van der Waals surface area (Å²) in [7, 11) is 0. The number of hydrogen-bond acceptors (Lipinski definition) is 2. The first-order valence-corrected chi connectivity index (χ1v) is 8.29. The molecule has 1 aliphatic rings. The summed E-state index contributed by atoms with van der Waals surface area (Å²) in [6.45, 7) is 6.16. The smallest absolute Gasteiger partial charge is 0.266 e. The predicted octanol–water partition coefficient (Wildman–Crippen LogP) is 4.86. The number of hydrogen-bond donors (Lipinski definition) is 0.